The van der Waals surface area contributed by atoms with Gasteiger partial charge < -0.3 is 15.4 Å². The van der Waals surface area contributed by atoms with E-state index in [4.69, 9.17) is 15.6 Å². The van der Waals surface area contributed by atoms with Crippen LogP contribution in [0.5, 0.6) is 11.5 Å². The van der Waals surface area contributed by atoms with Gasteiger partial charge in [0.2, 0.25) is 5.91 Å². The molecular weight excluding hydrogens is 428 g/mol. The Hall–Kier alpha value is -4.20. The highest BCUT2D eigenvalue weighted by molar-refractivity contribution is 5.98. The fraction of sp³-hybridized carbons (Fsp3) is 0.231. The number of piperidine rings is 1. The molecule has 0 radical (unpaired) electrons. The second-order valence-electron chi connectivity index (χ2n) is 8.29. The summed E-state index contributed by atoms with van der Waals surface area (Å²) < 4.78 is 7.86. The fourth-order valence-corrected chi connectivity index (χ4v) is 4.37. The maximum Gasteiger partial charge on any atom is 0.226 e. The van der Waals surface area contributed by atoms with Crippen LogP contribution in [0.15, 0.2) is 73.6 Å². The lowest BCUT2D eigenvalue weighted by Gasteiger charge is -2.32. The van der Waals surface area contributed by atoms with Crippen molar-refractivity contribution in [3.05, 3.63) is 73.6 Å². The zero-order valence-corrected chi connectivity index (χ0v) is 18.8. The summed E-state index contributed by atoms with van der Waals surface area (Å²) in [6.07, 6.45) is 5.09. The van der Waals surface area contributed by atoms with Crippen LogP contribution in [0.2, 0.25) is 0 Å². The third-order valence-corrected chi connectivity index (χ3v) is 6.11. The molecule has 3 heterocycles. The van der Waals surface area contributed by atoms with Crippen LogP contribution in [0, 0.1) is 0 Å². The van der Waals surface area contributed by atoms with E-state index in [9.17, 15) is 4.79 Å². The van der Waals surface area contributed by atoms with Crippen molar-refractivity contribution in [3.8, 4) is 22.8 Å². The number of rotatable bonds is 6. The molecular formula is C26H26N6O2. The molecule has 1 aliphatic rings. The first-order chi connectivity index (χ1) is 16.6. The molecule has 8 heteroatoms. The van der Waals surface area contributed by atoms with Crippen molar-refractivity contribution in [2.75, 3.05) is 18.8 Å². The summed E-state index contributed by atoms with van der Waals surface area (Å²) in [4.78, 5) is 22.8. The monoisotopic (exact) mass is 454 g/mol. The number of benzene rings is 2. The molecule has 172 valence electrons. The van der Waals surface area contributed by atoms with Crippen molar-refractivity contribution < 1.29 is 9.53 Å². The third kappa shape index (κ3) is 4.22. The summed E-state index contributed by atoms with van der Waals surface area (Å²) in [6, 6.07) is 17.5. The van der Waals surface area contributed by atoms with E-state index < -0.39 is 0 Å². The lowest BCUT2D eigenvalue weighted by Crippen LogP contribution is -2.39. The zero-order chi connectivity index (χ0) is 23.5. The third-order valence-electron chi connectivity index (χ3n) is 6.11. The van der Waals surface area contributed by atoms with Gasteiger partial charge in [0.05, 0.1) is 11.4 Å². The van der Waals surface area contributed by atoms with Gasteiger partial charge in [0, 0.05) is 25.1 Å². The number of carbonyl (C=O) groups excluding carboxylic acids is 1. The summed E-state index contributed by atoms with van der Waals surface area (Å²) in [6.45, 7) is 5.02. The Bertz CT molecular complexity index is 1310. The van der Waals surface area contributed by atoms with Gasteiger partial charge in [0.15, 0.2) is 5.65 Å². The molecule has 2 aromatic carbocycles. The normalized spacial score (nSPS) is 14.3. The Balaban J connectivity index is 1.43. The maximum atomic E-state index is 12.2. The number of carbonyl (C=O) groups is 1. The zero-order valence-electron chi connectivity index (χ0n) is 18.8. The van der Waals surface area contributed by atoms with Crippen LogP contribution in [0.1, 0.15) is 25.3 Å². The topological polar surface area (TPSA) is 99.2 Å². The Morgan fingerprint density at radius 3 is 2.47 bits per heavy atom. The van der Waals surface area contributed by atoms with Crippen LogP contribution >= 0.6 is 0 Å². The van der Waals surface area contributed by atoms with Crippen LogP contribution in [-0.4, -0.2) is 43.6 Å². The Kier molecular flexibility index (Phi) is 5.95. The van der Waals surface area contributed by atoms with E-state index in [-0.39, 0.29) is 11.9 Å². The molecule has 5 rings (SSSR count). The molecule has 0 aliphatic carbocycles. The van der Waals surface area contributed by atoms with Gasteiger partial charge in [-0.15, -0.1) is 6.58 Å². The molecule has 0 saturated carbocycles. The van der Waals surface area contributed by atoms with Crippen LogP contribution < -0.4 is 10.5 Å². The van der Waals surface area contributed by atoms with Gasteiger partial charge in [-0.2, -0.15) is 5.10 Å². The van der Waals surface area contributed by atoms with E-state index in [2.05, 4.69) is 16.5 Å². The van der Waals surface area contributed by atoms with Crippen molar-refractivity contribution in [1.82, 2.24) is 24.6 Å². The Morgan fingerprint density at radius 2 is 1.76 bits per heavy atom. The summed E-state index contributed by atoms with van der Waals surface area (Å²) in [5, 5.41) is 5.68. The molecule has 2 N–H and O–H groups in total. The molecule has 4 aromatic rings. The molecule has 0 bridgehead atoms. The second kappa shape index (κ2) is 9.35. The van der Waals surface area contributed by atoms with E-state index in [1.54, 1.807) is 6.08 Å². The van der Waals surface area contributed by atoms with Gasteiger partial charge in [-0.05, 0) is 49.2 Å². The predicted octanol–water partition coefficient (Wildman–Crippen LogP) is 4.61. The predicted molar refractivity (Wildman–Crippen MR) is 131 cm³/mol. The summed E-state index contributed by atoms with van der Waals surface area (Å²) >= 11 is 0. The lowest BCUT2D eigenvalue weighted by atomic mass is 10.0. The van der Waals surface area contributed by atoms with Crippen LogP contribution in [-0.2, 0) is 4.79 Å². The number of fused-ring (bicyclic) bond motifs is 1. The van der Waals surface area contributed by atoms with Crippen molar-refractivity contribution in [3.63, 3.8) is 0 Å². The highest BCUT2D eigenvalue weighted by Crippen LogP contribution is 2.35. The largest absolute Gasteiger partial charge is 0.457 e. The minimum Gasteiger partial charge on any atom is -0.457 e. The minimum absolute atomic E-state index is 0.115. The number of amides is 1. The van der Waals surface area contributed by atoms with Gasteiger partial charge in [0.1, 0.15) is 29.3 Å². The first-order valence-electron chi connectivity index (χ1n) is 11.3. The SMILES string of the molecule is C=CCC(=O)N1CCC(n2nc(-c3ccc(Oc4ccccc4)cc3)c3c(N)ncnc32)CC1. The molecule has 1 amide bonds. The van der Waals surface area contributed by atoms with Crippen molar-refractivity contribution in [2.24, 2.45) is 0 Å². The molecule has 34 heavy (non-hydrogen) atoms. The lowest BCUT2D eigenvalue weighted by molar-refractivity contribution is -0.131. The minimum atomic E-state index is 0.115. The quantitative estimate of drug-likeness (QED) is 0.427. The van der Waals surface area contributed by atoms with Crippen molar-refractivity contribution in [2.45, 2.75) is 25.3 Å². The maximum absolute atomic E-state index is 12.2. The second-order valence-corrected chi connectivity index (χ2v) is 8.29. The van der Waals surface area contributed by atoms with Gasteiger partial charge in [0.25, 0.3) is 0 Å². The molecule has 8 nitrogen and oxygen atoms in total. The standard InChI is InChI=1S/C26H26N6O2/c1-2-6-22(33)31-15-13-19(14-16-31)32-26-23(25(27)28-17-29-26)24(30-32)18-9-11-21(12-10-18)34-20-7-4-3-5-8-20/h2-5,7-12,17,19H,1,6,13-16H2,(H2,27,28,29). The van der Waals surface area contributed by atoms with E-state index in [1.165, 1.54) is 6.33 Å². The number of para-hydroxylation sites is 1. The van der Waals surface area contributed by atoms with Crippen molar-refractivity contribution >= 4 is 22.8 Å². The molecule has 2 aromatic heterocycles. The van der Waals surface area contributed by atoms with Gasteiger partial charge in [-0.25, -0.2) is 14.6 Å². The average Bonchev–Trinajstić information content (AvgIpc) is 3.26. The van der Waals surface area contributed by atoms with Gasteiger partial charge in [-0.3, -0.25) is 4.79 Å². The summed E-state index contributed by atoms with van der Waals surface area (Å²) in [5.74, 6) is 2.03. The Morgan fingerprint density at radius 1 is 1.06 bits per heavy atom. The van der Waals surface area contributed by atoms with Crippen LogP contribution in [0.3, 0.4) is 0 Å². The van der Waals surface area contributed by atoms with E-state index >= 15 is 0 Å². The van der Waals surface area contributed by atoms with Gasteiger partial charge >= 0.3 is 0 Å². The molecule has 1 saturated heterocycles. The number of anilines is 1. The fourth-order valence-electron chi connectivity index (χ4n) is 4.37. The van der Waals surface area contributed by atoms with E-state index in [1.807, 2.05) is 64.2 Å². The summed E-state index contributed by atoms with van der Waals surface area (Å²) in [5.41, 5.74) is 8.63. The number of aromatic nitrogens is 4. The van der Waals surface area contributed by atoms with Gasteiger partial charge in [-0.1, -0.05) is 24.3 Å². The number of ether oxygens (including phenoxy) is 1. The highest BCUT2D eigenvalue weighted by Gasteiger charge is 2.27. The van der Waals surface area contributed by atoms with Crippen molar-refractivity contribution in [1.29, 1.82) is 0 Å². The van der Waals surface area contributed by atoms with Crippen LogP contribution in [0.25, 0.3) is 22.3 Å². The van der Waals surface area contributed by atoms with E-state index in [0.717, 1.165) is 41.0 Å². The first kappa shape index (κ1) is 21.6. The average molecular weight is 455 g/mol. The Labute approximate surface area is 197 Å². The number of hydrogen-bond donors (Lipinski definition) is 1. The summed E-state index contributed by atoms with van der Waals surface area (Å²) in [7, 11) is 0. The number of nitrogen functional groups attached to an aromatic ring is 1. The number of nitrogens with zero attached hydrogens (tertiary/aromatic N) is 5. The molecule has 1 aliphatic heterocycles. The molecule has 0 spiro atoms. The molecule has 1 fully saturated rings. The number of likely N-dealkylation sites (tertiary alicyclic amines) is 1. The molecule has 0 unspecified atom stereocenters. The van der Waals surface area contributed by atoms with E-state index in [0.29, 0.717) is 31.0 Å². The van der Waals surface area contributed by atoms with Crippen LogP contribution in [0.4, 0.5) is 5.82 Å². The first-order valence-corrected chi connectivity index (χ1v) is 11.3. The number of hydrogen-bond acceptors (Lipinski definition) is 6. The smallest absolute Gasteiger partial charge is 0.226 e. The highest BCUT2D eigenvalue weighted by atomic mass is 16.5. The number of nitrogens with two attached hydrogens (primary N) is 1. The molecule has 0 atom stereocenters.